The lowest BCUT2D eigenvalue weighted by Crippen LogP contribution is -2.15. The van der Waals surface area contributed by atoms with Gasteiger partial charge in [-0.15, -0.1) is 0 Å². The number of amides is 1. The summed E-state index contributed by atoms with van der Waals surface area (Å²) in [5.41, 5.74) is -0.944. The number of carbonyl (C=O) groups excluding carboxylic acids is 1. The Balaban J connectivity index is 2.18. The standard InChI is InChI=1S/C18H13ClF3N3O2/c1-27-16-6-5-13(19)8-15(16)24-10-11(9-23)17(26)25-14-4-2-3-12(7-14)18(20,21)22/h2-8,10,24H,1H3,(H,25,26)/b11-10-. The topological polar surface area (TPSA) is 74.1 Å². The van der Waals surface area contributed by atoms with Crippen molar-refractivity contribution in [3.8, 4) is 11.8 Å². The van der Waals surface area contributed by atoms with Gasteiger partial charge in [-0.25, -0.2) is 0 Å². The summed E-state index contributed by atoms with van der Waals surface area (Å²) in [6.07, 6.45) is -3.43. The second-order valence-electron chi connectivity index (χ2n) is 5.19. The molecule has 5 nitrogen and oxygen atoms in total. The van der Waals surface area contributed by atoms with E-state index in [1.54, 1.807) is 18.2 Å². The van der Waals surface area contributed by atoms with Crippen molar-refractivity contribution in [1.82, 2.24) is 0 Å². The van der Waals surface area contributed by atoms with Gasteiger partial charge in [0.25, 0.3) is 5.91 Å². The first-order chi connectivity index (χ1) is 12.7. The molecule has 2 rings (SSSR count). The number of carbonyl (C=O) groups is 1. The van der Waals surface area contributed by atoms with Crippen molar-refractivity contribution in [2.24, 2.45) is 0 Å². The smallest absolute Gasteiger partial charge is 0.416 e. The van der Waals surface area contributed by atoms with Gasteiger partial charge in [0.1, 0.15) is 17.4 Å². The van der Waals surface area contributed by atoms with E-state index in [9.17, 15) is 18.0 Å². The number of nitriles is 1. The number of hydrogen-bond donors (Lipinski definition) is 2. The van der Waals surface area contributed by atoms with Gasteiger partial charge in [0, 0.05) is 16.9 Å². The van der Waals surface area contributed by atoms with E-state index in [-0.39, 0.29) is 11.3 Å². The minimum atomic E-state index is -4.54. The monoisotopic (exact) mass is 395 g/mol. The van der Waals surface area contributed by atoms with Crippen LogP contribution in [-0.4, -0.2) is 13.0 Å². The minimum absolute atomic E-state index is 0.0867. The summed E-state index contributed by atoms with van der Waals surface area (Å²) in [5.74, 6) is -0.448. The van der Waals surface area contributed by atoms with Gasteiger partial charge < -0.3 is 15.4 Å². The normalized spacial score (nSPS) is 11.5. The predicted octanol–water partition coefficient (Wildman–Crippen LogP) is 4.83. The number of halogens is 4. The van der Waals surface area contributed by atoms with E-state index < -0.39 is 17.6 Å². The number of ether oxygens (including phenoxy) is 1. The molecule has 0 saturated carbocycles. The molecule has 0 saturated heterocycles. The lowest BCUT2D eigenvalue weighted by molar-refractivity contribution is -0.137. The molecule has 0 unspecified atom stereocenters. The number of anilines is 2. The summed E-state index contributed by atoms with van der Waals surface area (Å²) in [6.45, 7) is 0. The van der Waals surface area contributed by atoms with Gasteiger partial charge in [-0.05, 0) is 36.4 Å². The summed E-state index contributed by atoms with van der Waals surface area (Å²) in [6, 6.07) is 10.5. The maximum Gasteiger partial charge on any atom is 0.416 e. The van der Waals surface area contributed by atoms with Crippen molar-refractivity contribution in [2.45, 2.75) is 6.18 Å². The molecule has 0 atom stereocenters. The molecule has 140 valence electrons. The molecule has 0 aromatic heterocycles. The summed E-state index contributed by atoms with van der Waals surface area (Å²) in [5, 5.41) is 14.5. The third-order valence-electron chi connectivity index (χ3n) is 3.35. The van der Waals surface area contributed by atoms with Crippen LogP contribution in [-0.2, 0) is 11.0 Å². The van der Waals surface area contributed by atoms with Crippen LogP contribution in [0.4, 0.5) is 24.5 Å². The highest BCUT2D eigenvalue weighted by Crippen LogP contribution is 2.31. The fourth-order valence-corrected chi connectivity index (χ4v) is 2.24. The number of alkyl halides is 3. The molecule has 0 spiro atoms. The van der Waals surface area contributed by atoms with E-state index in [1.807, 2.05) is 0 Å². The van der Waals surface area contributed by atoms with Gasteiger partial charge in [-0.2, -0.15) is 18.4 Å². The number of nitrogens with one attached hydrogen (secondary N) is 2. The Kier molecular flexibility index (Phi) is 6.32. The zero-order valence-electron chi connectivity index (χ0n) is 13.9. The van der Waals surface area contributed by atoms with Crippen LogP contribution in [0.15, 0.2) is 54.2 Å². The average Bonchev–Trinajstić information content (AvgIpc) is 2.62. The maximum absolute atomic E-state index is 12.7. The summed E-state index contributed by atoms with van der Waals surface area (Å²) < 4.78 is 43.3. The van der Waals surface area contributed by atoms with Gasteiger partial charge in [0.05, 0.1) is 18.4 Å². The summed E-state index contributed by atoms with van der Waals surface area (Å²) in [4.78, 5) is 12.2. The van der Waals surface area contributed by atoms with Crippen molar-refractivity contribution in [2.75, 3.05) is 17.7 Å². The molecule has 0 radical (unpaired) electrons. The van der Waals surface area contributed by atoms with Gasteiger partial charge in [0.15, 0.2) is 0 Å². The molecule has 2 N–H and O–H groups in total. The fraction of sp³-hybridized carbons (Fsp3) is 0.111. The molecule has 0 aliphatic heterocycles. The van der Waals surface area contributed by atoms with Crippen LogP contribution in [0, 0.1) is 11.3 Å². The molecule has 2 aromatic rings. The van der Waals surface area contributed by atoms with E-state index in [0.717, 1.165) is 24.4 Å². The second kappa shape index (κ2) is 8.47. The molecule has 2 aromatic carbocycles. The van der Waals surface area contributed by atoms with Crippen LogP contribution in [0.25, 0.3) is 0 Å². The third kappa shape index (κ3) is 5.39. The first-order valence-electron chi connectivity index (χ1n) is 7.43. The fourth-order valence-electron chi connectivity index (χ4n) is 2.06. The first-order valence-corrected chi connectivity index (χ1v) is 7.81. The highest BCUT2D eigenvalue weighted by molar-refractivity contribution is 6.31. The Morgan fingerprint density at radius 3 is 2.63 bits per heavy atom. The number of methoxy groups -OCH3 is 1. The highest BCUT2D eigenvalue weighted by atomic mass is 35.5. The third-order valence-corrected chi connectivity index (χ3v) is 3.58. The largest absolute Gasteiger partial charge is 0.495 e. The Hall–Kier alpha value is -3.18. The van der Waals surface area contributed by atoms with Crippen molar-refractivity contribution < 1.29 is 22.7 Å². The van der Waals surface area contributed by atoms with Crippen molar-refractivity contribution in [1.29, 1.82) is 5.26 Å². The molecule has 1 amide bonds. The van der Waals surface area contributed by atoms with E-state index in [4.69, 9.17) is 21.6 Å². The van der Waals surface area contributed by atoms with Gasteiger partial charge in [-0.1, -0.05) is 17.7 Å². The molecule has 9 heteroatoms. The maximum atomic E-state index is 12.7. The van der Waals surface area contributed by atoms with Crippen LogP contribution in [0.1, 0.15) is 5.56 Å². The number of nitrogens with zero attached hydrogens (tertiary/aromatic N) is 1. The first kappa shape index (κ1) is 20.1. The van der Waals surface area contributed by atoms with Gasteiger partial charge >= 0.3 is 6.18 Å². The zero-order chi connectivity index (χ0) is 20.0. The minimum Gasteiger partial charge on any atom is -0.495 e. The number of rotatable bonds is 5. The average molecular weight is 396 g/mol. The lowest BCUT2D eigenvalue weighted by atomic mass is 10.2. The van der Waals surface area contributed by atoms with E-state index in [1.165, 1.54) is 19.2 Å². The molecule has 0 fully saturated rings. The molecule has 0 heterocycles. The number of benzene rings is 2. The molecular formula is C18H13ClF3N3O2. The SMILES string of the molecule is COc1ccc(Cl)cc1N/C=C(/C#N)C(=O)Nc1cccc(C(F)(F)F)c1. The van der Waals surface area contributed by atoms with Crippen molar-refractivity contribution >= 4 is 28.9 Å². The number of hydrogen-bond acceptors (Lipinski definition) is 4. The van der Waals surface area contributed by atoms with Crippen LogP contribution in [0.3, 0.4) is 0 Å². The quantitative estimate of drug-likeness (QED) is 0.562. The van der Waals surface area contributed by atoms with Crippen LogP contribution in [0.2, 0.25) is 5.02 Å². The van der Waals surface area contributed by atoms with Gasteiger partial charge in [0.2, 0.25) is 0 Å². The van der Waals surface area contributed by atoms with Crippen molar-refractivity contribution in [3.05, 3.63) is 64.8 Å². The van der Waals surface area contributed by atoms with Crippen LogP contribution < -0.4 is 15.4 Å². The summed E-state index contributed by atoms with van der Waals surface area (Å²) in [7, 11) is 1.43. The predicted molar refractivity (Wildman–Crippen MR) is 95.4 cm³/mol. The molecule has 27 heavy (non-hydrogen) atoms. The molecular weight excluding hydrogens is 383 g/mol. The Bertz CT molecular complexity index is 921. The van der Waals surface area contributed by atoms with E-state index >= 15 is 0 Å². The van der Waals surface area contributed by atoms with E-state index in [2.05, 4.69) is 10.6 Å². The Labute approximate surface area is 158 Å². The Morgan fingerprint density at radius 2 is 2.00 bits per heavy atom. The molecule has 0 bridgehead atoms. The summed E-state index contributed by atoms with van der Waals surface area (Å²) >= 11 is 5.89. The lowest BCUT2D eigenvalue weighted by Gasteiger charge is -2.10. The highest BCUT2D eigenvalue weighted by Gasteiger charge is 2.30. The van der Waals surface area contributed by atoms with Gasteiger partial charge in [-0.3, -0.25) is 4.79 Å². The van der Waals surface area contributed by atoms with Crippen molar-refractivity contribution in [3.63, 3.8) is 0 Å². The zero-order valence-corrected chi connectivity index (χ0v) is 14.7. The van der Waals surface area contributed by atoms with E-state index in [0.29, 0.717) is 16.5 Å². The molecule has 0 aliphatic rings. The van der Waals surface area contributed by atoms with Crippen LogP contribution >= 0.6 is 11.6 Å². The molecule has 0 aliphatic carbocycles. The second-order valence-corrected chi connectivity index (χ2v) is 5.63. The Morgan fingerprint density at radius 1 is 1.26 bits per heavy atom. The van der Waals surface area contributed by atoms with Crippen LogP contribution in [0.5, 0.6) is 5.75 Å².